The van der Waals surface area contributed by atoms with Crippen LogP contribution in [-0.4, -0.2) is 0 Å². The number of hydrogen-bond donors (Lipinski definition) is 0. The third-order valence-electron chi connectivity index (χ3n) is 6.91. The van der Waals surface area contributed by atoms with Gasteiger partial charge < -0.3 is 0 Å². The zero-order chi connectivity index (χ0) is 26.6. The number of fused-ring (bicyclic) bond motifs is 4. The van der Waals surface area contributed by atoms with Crippen LogP contribution in [0.1, 0.15) is 0 Å². The molecule has 0 N–H and O–H groups in total. The Morgan fingerprint density at radius 1 is 0.436 bits per heavy atom. The van der Waals surface area contributed by atoms with Crippen LogP contribution in [0.4, 0.5) is 0 Å². The molecule has 2 heterocycles. The van der Waals surface area contributed by atoms with Gasteiger partial charge in [0.1, 0.15) is 0 Å². The monoisotopic (exact) mass is 612 g/mol. The van der Waals surface area contributed by atoms with Crippen LogP contribution in [0.25, 0.3) is 53.7 Å². The summed E-state index contributed by atoms with van der Waals surface area (Å²) in [5, 5.41) is 13.9. The van der Waals surface area contributed by atoms with E-state index in [1.807, 2.05) is 0 Å². The van der Waals surface area contributed by atoms with Gasteiger partial charge in [0.05, 0.1) is 0 Å². The van der Waals surface area contributed by atoms with Gasteiger partial charge in [0.15, 0.2) is 0 Å². The minimum atomic E-state index is -0.556. The first-order valence-electron chi connectivity index (χ1n) is 12.6. The van der Waals surface area contributed by atoms with Crippen LogP contribution in [0.2, 0.25) is 0 Å². The van der Waals surface area contributed by atoms with E-state index in [9.17, 15) is 0 Å². The molecule has 8 rings (SSSR count). The molecule has 5 heteroatoms. The maximum Gasteiger partial charge on any atom is -0.0138 e. The van der Waals surface area contributed by atoms with Crippen LogP contribution >= 0.6 is 33.7 Å². The van der Waals surface area contributed by atoms with Gasteiger partial charge >= 0.3 is 35.6 Å². The molecule has 190 valence electrons. The van der Waals surface area contributed by atoms with E-state index in [0.717, 1.165) is 0 Å². The number of rotatable bonds is 2. The summed E-state index contributed by atoms with van der Waals surface area (Å²) in [6.45, 7) is 0. The van der Waals surface area contributed by atoms with E-state index >= 15 is 0 Å². The average molecular weight is 613 g/mol. The molecule has 0 saturated heterocycles. The van der Waals surface area contributed by atoms with Crippen LogP contribution in [-0.2, 0) is 17.0 Å². The van der Waals surface area contributed by atoms with Crippen molar-refractivity contribution in [1.82, 2.24) is 0 Å². The van der Waals surface area contributed by atoms with E-state index < -0.39 is 17.0 Å². The Balaban J connectivity index is 0.000000129. The van der Waals surface area contributed by atoms with Crippen molar-refractivity contribution in [3.8, 4) is 10.6 Å². The summed E-state index contributed by atoms with van der Waals surface area (Å²) in [7, 11) is 9.25. The standard InChI is InChI=1S/2C17H12P.2ClH.Ti/c2*1-2-6-14-10-17(9-13(14)5-1)18-11-15-7-3-4-8-16(15)12-18;;;/h2*1-12H;2*1H;/q2*-1;;;+2/p-2. The van der Waals surface area contributed by atoms with Gasteiger partial charge in [-0.3, -0.25) is 0 Å². The Morgan fingerprint density at radius 2 is 0.718 bits per heavy atom. The second kappa shape index (κ2) is 12.3. The minimum Gasteiger partial charge on any atom is -0.157 e. The Kier molecular flexibility index (Phi) is 8.44. The molecule has 0 amide bonds. The van der Waals surface area contributed by atoms with E-state index in [2.05, 4.69) is 145 Å². The van der Waals surface area contributed by atoms with Gasteiger partial charge in [0.2, 0.25) is 0 Å². The first-order valence-corrected chi connectivity index (χ1v) is 19.9. The molecular weight excluding hydrogens is 589 g/mol. The van der Waals surface area contributed by atoms with Crippen molar-refractivity contribution >= 4 is 76.8 Å². The molecule has 0 bridgehead atoms. The minimum absolute atomic E-state index is 0.264. The SMILES string of the molecule is [Cl][Ti][Cl].c1ccc2cp(-c3cc4ccccc4[cH-]3)cc2c1.c1ccc2cp(-c3cc4ccccc4[cH-]3)cc2c1. The molecule has 0 aliphatic carbocycles. The van der Waals surface area contributed by atoms with Crippen molar-refractivity contribution in [2.24, 2.45) is 0 Å². The molecular formula is C34H24Cl2P2Ti-2. The molecule has 0 atom stereocenters. The van der Waals surface area contributed by atoms with Gasteiger partial charge in [-0.1, -0.05) is 71.3 Å². The number of benzene rings is 4. The second-order valence-electron chi connectivity index (χ2n) is 9.35. The zero-order valence-corrected chi connectivity index (χ0v) is 25.9. The van der Waals surface area contributed by atoms with Gasteiger partial charge in [0.25, 0.3) is 0 Å². The van der Waals surface area contributed by atoms with Gasteiger partial charge in [-0.15, -0.1) is 85.1 Å². The molecule has 0 radical (unpaired) electrons. The van der Waals surface area contributed by atoms with Crippen molar-refractivity contribution < 1.29 is 17.0 Å². The Hall–Kier alpha value is -2.53. The van der Waals surface area contributed by atoms with E-state index in [4.69, 9.17) is 18.6 Å². The van der Waals surface area contributed by atoms with E-state index in [-0.39, 0.29) is 15.1 Å². The maximum atomic E-state index is 4.89. The normalized spacial score (nSPS) is 10.8. The Bertz CT molecular complexity index is 1570. The topological polar surface area (TPSA) is 0 Å². The quantitative estimate of drug-likeness (QED) is 0.134. The van der Waals surface area contributed by atoms with Gasteiger partial charge in [-0.2, -0.15) is 12.1 Å². The summed E-state index contributed by atoms with van der Waals surface area (Å²) >= 11 is -0.556. The molecule has 0 fully saturated rings. The maximum absolute atomic E-state index is 4.89. The summed E-state index contributed by atoms with van der Waals surface area (Å²) in [5.41, 5.74) is 0. The van der Waals surface area contributed by atoms with E-state index in [0.29, 0.717) is 0 Å². The molecule has 6 aromatic carbocycles. The molecule has 39 heavy (non-hydrogen) atoms. The number of hydrogen-bond acceptors (Lipinski definition) is 0. The van der Waals surface area contributed by atoms with Crippen molar-refractivity contribution in [3.05, 3.63) is 145 Å². The molecule has 0 saturated carbocycles. The van der Waals surface area contributed by atoms with Crippen LogP contribution in [0.3, 0.4) is 0 Å². The first-order chi connectivity index (χ1) is 19.2. The predicted octanol–water partition coefficient (Wildman–Crippen LogP) is 12.8. The fourth-order valence-corrected chi connectivity index (χ4v) is 9.07. The molecule has 0 aliphatic heterocycles. The summed E-state index contributed by atoms with van der Waals surface area (Å²) in [5.74, 6) is 9.66. The van der Waals surface area contributed by atoms with Crippen molar-refractivity contribution in [3.63, 3.8) is 0 Å². The predicted molar refractivity (Wildman–Crippen MR) is 174 cm³/mol. The third kappa shape index (κ3) is 5.99. The second-order valence-corrected chi connectivity index (χ2v) is 15.6. The third-order valence-corrected chi connectivity index (χ3v) is 10.8. The molecule has 0 unspecified atom stereocenters. The van der Waals surface area contributed by atoms with Crippen molar-refractivity contribution in [2.45, 2.75) is 0 Å². The fourth-order valence-electron chi connectivity index (χ4n) is 5.03. The first kappa shape index (κ1) is 26.7. The summed E-state index contributed by atoms with van der Waals surface area (Å²) in [4.78, 5) is 0. The average Bonchev–Trinajstić information content (AvgIpc) is 3.76. The van der Waals surface area contributed by atoms with Gasteiger partial charge in [-0.25, -0.2) is 0 Å². The number of halogens is 2. The van der Waals surface area contributed by atoms with Crippen LogP contribution < -0.4 is 0 Å². The zero-order valence-electron chi connectivity index (χ0n) is 21.0. The fraction of sp³-hybridized carbons (Fsp3) is 0. The molecule has 0 nitrogen and oxygen atoms in total. The molecule has 0 aliphatic rings. The summed E-state index contributed by atoms with van der Waals surface area (Å²) in [6, 6.07) is 43.8. The van der Waals surface area contributed by atoms with E-state index in [1.165, 1.54) is 53.7 Å². The summed E-state index contributed by atoms with van der Waals surface area (Å²) < 4.78 is 0. The van der Waals surface area contributed by atoms with Crippen molar-refractivity contribution in [1.29, 1.82) is 0 Å². The summed E-state index contributed by atoms with van der Waals surface area (Å²) in [6.07, 6.45) is 0. The molecule has 8 aromatic rings. The smallest absolute Gasteiger partial charge is 0.0138 e. The Labute approximate surface area is 247 Å². The van der Waals surface area contributed by atoms with Crippen LogP contribution in [0, 0.1) is 0 Å². The Morgan fingerprint density at radius 3 is 1.03 bits per heavy atom. The molecule has 2 aromatic heterocycles. The largest absolute Gasteiger partial charge is 0.157 e. The van der Waals surface area contributed by atoms with Crippen LogP contribution in [0.5, 0.6) is 0 Å². The van der Waals surface area contributed by atoms with Crippen molar-refractivity contribution in [2.75, 3.05) is 0 Å². The van der Waals surface area contributed by atoms with Crippen LogP contribution in [0.15, 0.2) is 145 Å². The molecule has 0 spiro atoms. The van der Waals surface area contributed by atoms with E-state index in [1.54, 1.807) is 0 Å². The van der Waals surface area contributed by atoms with Gasteiger partial charge in [0, 0.05) is 0 Å². The van der Waals surface area contributed by atoms with Gasteiger partial charge in [-0.05, 0) is 44.7 Å².